The van der Waals surface area contributed by atoms with Gasteiger partial charge in [0.1, 0.15) is 5.82 Å². The fourth-order valence-corrected chi connectivity index (χ4v) is 1.89. The lowest BCUT2D eigenvalue weighted by molar-refractivity contribution is 0.0587. The number of aromatic nitrogens is 2. The third-order valence-corrected chi connectivity index (χ3v) is 2.52. The molecule has 1 heterocycles. The number of rotatable bonds is 6. The van der Waals surface area contributed by atoms with Gasteiger partial charge in [-0.15, -0.1) is 0 Å². The molecule has 0 aromatic carbocycles. The second-order valence-electron chi connectivity index (χ2n) is 5.51. The van der Waals surface area contributed by atoms with Gasteiger partial charge >= 0.3 is 5.97 Å². The van der Waals surface area contributed by atoms with E-state index in [1.165, 1.54) is 7.11 Å². The highest BCUT2D eigenvalue weighted by molar-refractivity contribution is 5.85. The first-order valence-corrected chi connectivity index (χ1v) is 6.14. The molecular weight excluding hydrogens is 244 g/mol. The van der Waals surface area contributed by atoms with Crippen LogP contribution in [-0.4, -0.2) is 55.1 Å². The Morgan fingerprint density at radius 1 is 1.47 bits per heavy atom. The Kier molecular flexibility index (Phi) is 5.23. The second kappa shape index (κ2) is 6.47. The van der Waals surface area contributed by atoms with E-state index in [9.17, 15) is 4.79 Å². The van der Waals surface area contributed by atoms with Crippen molar-refractivity contribution in [2.75, 3.05) is 39.6 Å². The molecule has 0 unspecified atom stereocenters. The van der Waals surface area contributed by atoms with Gasteiger partial charge in [-0.1, -0.05) is 13.8 Å². The molecule has 6 heteroatoms. The topological polar surface area (TPSA) is 67.3 Å². The molecule has 0 bridgehead atoms. The first kappa shape index (κ1) is 15.4. The summed E-state index contributed by atoms with van der Waals surface area (Å²) in [7, 11) is 5.40. The van der Waals surface area contributed by atoms with Gasteiger partial charge in [-0.05, 0) is 25.6 Å². The molecule has 1 N–H and O–H groups in total. The maximum absolute atomic E-state index is 11.3. The van der Waals surface area contributed by atoms with Crippen LogP contribution in [0.5, 0.6) is 0 Å². The number of methoxy groups -OCH3 is 1. The smallest absolute Gasteiger partial charge is 0.376 e. The van der Waals surface area contributed by atoms with Crippen molar-refractivity contribution in [2.45, 2.75) is 13.8 Å². The van der Waals surface area contributed by atoms with Crippen molar-refractivity contribution in [3.63, 3.8) is 0 Å². The molecule has 0 saturated heterocycles. The summed E-state index contributed by atoms with van der Waals surface area (Å²) in [6.45, 7) is 6.04. The summed E-state index contributed by atoms with van der Waals surface area (Å²) in [5, 5.41) is 3.22. The van der Waals surface area contributed by atoms with E-state index in [0.29, 0.717) is 5.82 Å². The molecule has 106 valence electrons. The molecule has 0 saturated carbocycles. The number of nitrogens with zero attached hydrogens (tertiary/aromatic N) is 3. The van der Waals surface area contributed by atoms with Crippen LogP contribution in [0.1, 0.15) is 24.5 Å². The lowest BCUT2D eigenvalue weighted by atomic mass is 9.93. The number of carbonyl (C=O) groups excluding carboxylic acids is 1. The van der Waals surface area contributed by atoms with Crippen LogP contribution in [0.4, 0.5) is 5.82 Å². The van der Waals surface area contributed by atoms with E-state index in [2.05, 4.69) is 38.8 Å². The molecule has 1 aromatic rings. The van der Waals surface area contributed by atoms with E-state index in [1.54, 1.807) is 12.3 Å². The number of anilines is 1. The van der Waals surface area contributed by atoms with E-state index in [4.69, 9.17) is 0 Å². The normalized spacial score (nSPS) is 11.5. The Balaban J connectivity index is 2.65. The molecule has 1 aromatic heterocycles. The van der Waals surface area contributed by atoms with Gasteiger partial charge in [0.25, 0.3) is 0 Å². The zero-order chi connectivity index (χ0) is 14.5. The molecule has 6 nitrogen and oxygen atoms in total. The Morgan fingerprint density at radius 2 is 2.16 bits per heavy atom. The van der Waals surface area contributed by atoms with Crippen molar-refractivity contribution < 1.29 is 9.53 Å². The van der Waals surface area contributed by atoms with Crippen molar-refractivity contribution >= 4 is 11.8 Å². The maximum Gasteiger partial charge on any atom is 0.376 e. The van der Waals surface area contributed by atoms with Crippen molar-refractivity contribution in [3.8, 4) is 0 Å². The summed E-state index contributed by atoms with van der Waals surface area (Å²) in [6, 6.07) is 1.73. The molecule has 0 atom stereocenters. The summed E-state index contributed by atoms with van der Waals surface area (Å²) >= 11 is 0. The second-order valence-corrected chi connectivity index (χ2v) is 5.51. The first-order valence-electron chi connectivity index (χ1n) is 6.14. The molecule has 0 aliphatic heterocycles. The van der Waals surface area contributed by atoms with Gasteiger partial charge in [-0.25, -0.2) is 14.8 Å². The fourth-order valence-electron chi connectivity index (χ4n) is 1.89. The van der Waals surface area contributed by atoms with Crippen molar-refractivity contribution in [1.29, 1.82) is 0 Å². The highest BCUT2D eigenvalue weighted by Crippen LogP contribution is 2.16. The van der Waals surface area contributed by atoms with Crippen LogP contribution in [0, 0.1) is 5.41 Å². The van der Waals surface area contributed by atoms with Crippen LogP contribution in [0.3, 0.4) is 0 Å². The average molecular weight is 266 g/mol. The lowest BCUT2D eigenvalue weighted by Gasteiger charge is -2.28. The lowest BCUT2D eigenvalue weighted by Crippen LogP contribution is -2.34. The van der Waals surface area contributed by atoms with Crippen LogP contribution >= 0.6 is 0 Å². The number of ether oxygens (including phenoxy) is 1. The molecule has 0 aliphatic carbocycles. The molecule has 1 rings (SSSR count). The summed E-state index contributed by atoms with van der Waals surface area (Å²) in [5.41, 5.74) is 0.0971. The highest BCUT2D eigenvalue weighted by Gasteiger charge is 2.19. The van der Waals surface area contributed by atoms with Crippen LogP contribution < -0.4 is 5.32 Å². The minimum Gasteiger partial charge on any atom is -0.463 e. The Hall–Kier alpha value is -1.69. The van der Waals surface area contributed by atoms with Gasteiger partial charge in [0.2, 0.25) is 5.82 Å². The summed E-state index contributed by atoms with van der Waals surface area (Å²) in [4.78, 5) is 21.5. The first-order chi connectivity index (χ1) is 8.84. The highest BCUT2D eigenvalue weighted by atomic mass is 16.5. The minimum absolute atomic E-state index is 0.0675. The van der Waals surface area contributed by atoms with Gasteiger partial charge in [0, 0.05) is 19.3 Å². The maximum atomic E-state index is 11.3. The largest absolute Gasteiger partial charge is 0.463 e. The molecule has 19 heavy (non-hydrogen) atoms. The quantitative estimate of drug-likeness (QED) is 0.782. The summed E-state index contributed by atoms with van der Waals surface area (Å²) < 4.78 is 4.59. The molecular formula is C13H22N4O2. The summed E-state index contributed by atoms with van der Waals surface area (Å²) in [5.74, 6) is 0.163. The van der Waals surface area contributed by atoms with Crippen LogP contribution in [0.2, 0.25) is 0 Å². The van der Waals surface area contributed by atoms with E-state index < -0.39 is 5.97 Å². The predicted octanol–water partition coefficient (Wildman–Crippen LogP) is 1.26. The van der Waals surface area contributed by atoms with Gasteiger partial charge in [0.05, 0.1) is 7.11 Å². The van der Waals surface area contributed by atoms with E-state index in [-0.39, 0.29) is 11.2 Å². The SMILES string of the molecule is COC(=O)c1nccc(NCC(C)(C)CN(C)C)n1. The number of nitrogens with one attached hydrogen (secondary N) is 1. The minimum atomic E-state index is -0.531. The van der Waals surface area contributed by atoms with Crippen LogP contribution in [0.15, 0.2) is 12.3 Å². The summed E-state index contributed by atoms with van der Waals surface area (Å²) in [6.07, 6.45) is 1.54. The van der Waals surface area contributed by atoms with Crippen molar-refractivity contribution in [2.24, 2.45) is 5.41 Å². The molecule has 0 aliphatic rings. The molecule has 0 spiro atoms. The molecule has 0 amide bonds. The van der Waals surface area contributed by atoms with Crippen molar-refractivity contribution in [3.05, 3.63) is 18.1 Å². The van der Waals surface area contributed by atoms with Gasteiger partial charge in [0.15, 0.2) is 0 Å². The van der Waals surface area contributed by atoms with E-state index >= 15 is 0 Å². The third kappa shape index (κ3) is 5.21. The predicted molar refractivity (Wildman–Crippen MR) is 74.2 cm³/mol. The Morgan fingerprint density at radius 3 is 2.74 bits per heavy atom. The molecule has 0 radical (unpaired) electrons. The van der Waals surface area contributed by atoms with Crippen LogP contribution in [-0.2, 0) is 4.74 Å². The van der Waals surface area contributed by atoms with Crippen molar-refractivity contribution in [1.82, 2.24) is 14.9 Å². The zero-order valence-corrected chi connectivity index (χ0v) is 12.2. The average Bonchev–Trinajstić information content (AvgIpc) is 2.34. The number of hydrogen-bond acceptors (Lipinski definition) is 6. The van der Waals surface area contributed by atoms with Gasteiger partial charge in [-0.2, -0.15) is 0 Å². The van der Waals surface area contributed by atoms with Gasteiger partial charge < -0.3 is 15.0 Å². The number of hydrogen-bond donors (Lipinski definition) is 1. The Labute approximate surface area is 114 Å². The standard InChI is InChI=1S/C13H22N4O2/c1-13(2,9-17(3)4)8-15-10-6-7-14-11(16-10)12(18)19-5/h6-7H,8-9H2,1-5H3,(H,14,15,16). The monoisotopic (exact) mass is 266 g/mol. The number of carbonyl (C=O) groups is 1. The zero-order valence-electron chi connectivity index (χ0n) is 12.2. The third-order valence-electron chi connectivity index (χ3n) is 2.52. The van der Waals surface area contributed by atoms with E-state index in [1.807, 2.05) is 14.1 Å². The molecule has 0 fully saturated rings. The fraction of sp³-hybridized carbons (Fsp3) is 0.615. The Bertz CT molecular complexity index is 432. The van der Waals surface area contributed by atoms with Gasteiger partial charge in [-0.3, -0.25) is 0 Å². The number of esters is 1. The van der Waals surface area contributed by atoms with Crippen LogP contribution in [0.25, 0.3) is 0 Å². The van der Waals surface area contributed by atoms with E-state index in [0.717, 1.165) is 13.1 Å².